The highest BCUT2D eigenvalue weighted by Gasteiger charge is 2.24. The van der Waals surface area contributed by atoms with Gasteiger partial charge < -0.3 is 28.8 Å². The molecule has 0 radical (unpaired) electrons. The lowest BCUT2D eigenvalue weighted by molar-refractivity contribution is -0.117. The van der Waals surface area contributed by atoms with Gasteiger partial charge in [-0.05, 0) is 31.5 Å². The Morgan fingerprint density at radius 3 is 2.00 bits per heavy atom. The molecule has 1 atom stereocenters. The van der Waals surface area contributed by atoms with Gasteiger partial charge >= 0.3 is 0 Å². The molecule has 25 heavy (non-hydrogen) atoms. The Bertz CT molecular complexity index is 768. The lowest BCUT2D eigenvalue weighted by Gasteiger charge is -2.21. The number of hydrogen-bond donors (Lipinski definition) is 1. The minimum atomic E-state index is -0.868. The summed E-state index contributed by atoms with van der Waals surface area (Å²) in [5, 5.41) is 11.9. The highest BCUT2D eigenvalue weighted by Crippen LogP contribution is 2.48. The molecule has 0 bridgehead atoms. The molecule has 0 aliphatic heterocycles. The third-order valence-corrected chi connectivity index (χ3v) is 4.14. The molecule has 6 heteroatoms. The van der Waals surface area contributed by atoms with Gasteiger partial charge in [0.15, 0.2) is 0 Å². The first-order valence-corrected chi connectivity index (χ1v) is 7.95. The topological polar surface area (TPSA) is 74.2 Å². The maximum absolute atomic E-state index is 11.2. The summed E-state index contributed by atoms with van der Waals surface area (Å²) < 4.78 is 22.0. The van der Waals surface area contributed by atoms with Crippen molar-refractivity contribution in [2.24, 2.45) is 0 Å². The second-order valence-corrected chi connectivity index (χ2v) is 5.68. The highest BCUT2D eigenvalue weighted by atomic mass is 16.5. The van der Waals surface area contributed by atoms with Crippen molar-refractivity contribution in [2.45, 2.75) is 25.9 Å². The fourth-order valence-electron chi connectivity index (χ4n) is 2.92. The number of Topliss-reactive ketones (excluding diaryl/α,β-unsaturated/α-hetero) is 1. The molecule has 1 N–H and O–H groups in total. The van der Waals surface area contributed by atoms with Gasteiger partial charge in [0, 0.05) is 12.0 Å². The average Bonchev–Trinajstić information content (AvgIpc) is 2.63. The molecule has 0 saturated heterocycles. The summed E-state index contributed by atoms with van der Waals surface area (Å²) in [4.78, 5) is 11.2. The van der Waals surface area contributed by atoms with Gasteiger partial charge in [0.05, 0.1) is 45.3 Å². The molecule has 6 nitrogen and oxygen atoms in total. The molecular formula is C19H24O6. The van der Waals surface area contributed by atoms with E-state index in [1.807, 2.05) is 0 Å². The maximum Gasteiger partial charge on any atom is 0.136 e. The van der Waals surface area contributed by atoms with E-state index in [-0.39, 0.29) is 12.2 Å². The van der Waals surface area contributed by atoms with Crippen molar-refractivity contribution in [3.8, 4) is 23.0 Å². The second-order valence-electron chi connectivity index (χ2n) is 5.68. The van der Waals surface area contributed by atoms with Crippen LogP contribution in [0.3, 0.4) is 0 Å². The lowest BCUT2D eigenvalue weighted by Crippen LogP contribution is -2.05. The summed E-state index contributed by atoms with van der Waals surface area (Å²) in [6, 6.07) is 5.28. The van der Waals surface area contributed by atoms with Crippen molar-refractivity contribution in [3.05, 3.63) is 23.8 Å². The number of methoxy groups -OCH3 is 4. The summed E-state index contributed by atoms with van der Waals surface area (Å²) in [5.74, 6) is 2.21. The Morgan fingerprint density at radius 2 is 1.52 bits per heavy atom. The zero-order valence-corrected chi connectivity index (χ0v) is 15.2. The number of aliphatic hydroxyl groups excluding tert-OH is 1. The van der Waals surface area contributed by atoms with E-state index in [0.717, 1.165) is 0 Å². The van der Waals surface area contributed by atoms with E-state index >= 15 is 0 Å². The minimum absolute atomic E-state index is 0.0185. The number of benzene rings is 2. The Labute approximate surface area is 147 Å². The van der Waals surface area contributed by atoms with Crippen LogP contribution in [0.1, 0.15) is 31.4 Å². The summed E-state index contributed by atoms with van der Waals surface area (Å²) >= 11 is 0. The smallest absolute Gasteiger partial charge is 0.136 e. The van der Waals surface area contributed by atoms with Gasteiger partial charge in [-0.15, -0.1) is 0 Å². The summed E-state index contributed by atoms with van der Waals surface area (Å²) in [5.41, 5.74) is 0.541. The van der Waals surface area contributed by atoms with E-state index < -0.39 is 6.10 Å². The number of rotatable bonds is 8. The molecule has 2 rings (SSSR count). The van der Waals surface area contributed by atoms with Gasteiger partial charge in [-0.3, -0.25) is 0 Å². The number of carbonyl (C=O) groups excluding carboxylic acids is 1. The fraction of sp³-hybridized carbons (Fsp3) is 0.421. The molecule has 0 saturated carbocycles. The van der Waals surface area contributed by atoms with Gasteiger partial charge in [0.1, 0.15) is 28.8 Å². The van der Waals surface area contributed by atoms with Crippen LogP contribution in [0.2, 0.25) is 0 Å². The van der Waals surface area contributed by atoms with Crippen LogP contribution < -0.4 is 18.9 Å². The number of fused-ring (bicyclic) bond motifs is 1. The molecule has 0 spiro atoms. The number of ether oxygens (including phenoxy) is 4. The molecular weight excluding hydrogens is 324 g/mol. The van der Waals surface area contributed by atoms with Crippen LogP contribution >= 0.6 is 0 Å². The lowest BCUT2D eigenvalue weighted by atomic mass is 9.96. The first kappa shape index (κ1) is 18.9. The van der Waals surface area contributed by atoms with E-state index in [2.05, 4.69) is 0 Å². The van der Waals surface area contributed by atoms with Crippen molar-refractivity contribution in [2.75, 3.05) is 28.4 Å². The van der Waals surface area contributed by atoms with Gasteiger partial charge in [-0.2, -0.15) is 0 Å². The number of carbonyl (C=O) groups is 1. The van der Waals surface area contributed by atoms with Crippen molar-refractivity contribution in [1.82, 2.24) is 0 Å². The number of hydrogen-bond acceptors (Lipinski definition) is 6. The van der Waals surface area contributed by atoms with Crippen LogP contribution in [0.25, 0.3) is 10.8 Å². The highest BCUT2D eigenvalue weighted by molar-refractivity contribution is 6.03. The van der Waals surface area contributed by atoms with Gasteiger partial charge in [-0.25, -0.2) is 0 Å². The van der Waals surface area contributed by atoms with E-state index in [1.54, 1.807) is 39.5 Å². The SMILES string of the molecule is COc1ccc(OC)c2c(OC)c(C(O)CCC(C)=O)cc(OC)c12. The average molecular weight is 348 g/mol. The molecule has 2 aromatic rings. The predicted molar refractivity (Wildman–Crippen MR) is 95.0 cm³/mol. The molecule has 0 amide bonds. The molecule has 0 aliphatic rings. The number of ketones is 1. The summed E-state index contributed by atoms with van der Waals surface area (Å²) in [6.07, 6.45) is -0.292. The zero-order chi connectivity index (χ0) is 18.6. The quantitative estimate of drug-likeness (QED) is 0.789. The van der Waals surface area contributed by atoms with E-state index in [9.17, 15) is 9.90 Å². The summed E-state index contributed by atoms with van der Waals surface area (Å²) in [7, 11) is 6.21. The second kappa shape index (κ2) is 8.07. The maximum atomic E-state index is 11.2. The molecule has 0 fully saturated rings. The van der Waals surface area contributed by atoms with Crippen LogP contribution in [0.15, 0.2) is 18.2 Å². The van der Waals surface area contributed by atoms with Gasteiger partial charge in [-0.1, -0.05) is 0 Å². The van der Waals surface area contributed by atoms with Crippen molar-refractivity contribution < 1.29 is 28.8 Å². The van der Waals surface area contributed by atoms with Crippen molar-refractivity contribution >= 4 is 16.6 Å². The first-order valence-electron chi connectivity index (χ1n) is 7.95. The van der Waals surface area contributed by atoms with Crippen LogP contribution in [0.4, 0.5) is 0 Å². The van der Waals surface area contributed by atoms with E-state index in [4.69, 9.17) is 18.9 Å². The Kier molecular flexibility index (Phi) is 6.09. The molecule has 136 valence electrons. The molecule has 2 aromatic carbocycles. The van der Waals surface area contributed by atoms with Crippen molar-refractivity contribution in [1.29, 1.82) is 0 Å². The number of aliphatic hydroxyl groups is 1. The Balaban J connectivity index is 2.78. The molecule has 0 heterocycles. The Morgan fingerprint density at radius 1 is 0.960 bits per heavy atom. The standard InChI is InChI=1S/C19H24O6/c1-11(20)6-7-13(21)12-10-16(24-4)17-14(22-2)8-9-15(23-3)18(17)19(12)25-5/h8-10,13,21H,6-7H2,1-5H3. The minimum Gasteiger partial charge on any atom is -0.496 e. The third kappa shape index (κ3) is 3.64. The normalized spacial score (nSPS) is 11.9. The van der Waals surface area contributed by atoms with Gasteiger partial charge in [0.25, 0.3) is 0 Å². The third-order valence-electron chi connectivity index (χ3n) is 4.14. The van der Waals surface area contributed by atoms with Crippen LogP contribution in [-0.2, 0) is 4.79 Å². The van der Waals surface area contributed by atoms with Crippen LogP contribution in [-0.4, -0.2) is 39.3 Å². The van der Waals surface area contributed by atoms with Crippen molar-refractivity contribution in [3.63, 3.8) is 0 Å². The molecule has 1 unspecified atom stereocenters. The Hall–Kier alpha value is -2.47. The monoisotopic (exact) mass is 348 g/mol. The largest absolute Gasteiger partial charge is 0.496 e. The summed E-state index contributed by atoms with van der Waals surface area (Å²) in [6.45, 7) is 1.50. The fourth-order valence-corrected chi connectivity index (χ4v) is 2.92. The molecule has 0 aromatic heterocycles. The van der Waals surface area contributed by atoms with Crippen LogP contribution in [0.5, 0.6) is 23.0 Å². The zero-order valence-electron chi connectivity index (χ0n) is 15.2. The molecule has 0 aliphatic carbocycles. The first-order chi connectivity index (χ1) is 12.0. The van der Waals surface area contributed by atoms with Gasteiger partial charge in [0.2, 0.25) is 0 Å². The van der Waals surface area contributed by atoms with Crippen LogP contribution in [0, 0.1) is 0 Å². The van der Waals surface area contributed by atoms with E-state index in [1.165, 1.54) is 14.0 Å². The van der Waals surface area contributed by atoms with E-state index in [0.29, 0.717) is 45.8 Å². The predicted octanol–water partition coefficient (Wildman–Crippen LogP) is 3.28.